The van der Waals surface area contributed by atoms with Crippen LogP contribution in [0.2, 0.25) is 0 Å². The van der Waals surface area contributed by atoms with E-state index in [2.05, 4.69) is 22.2 Å². The van der Waals surface area contributed by atoms with Gasteiger partial charge in [-0.25, -0.2) is 0 Å². The Hall–Kier alpha value is -1.25. The smallest absolute Gasteiger partial charge is 0.0513 e. The molecule has 0 saturated carbocycles. The first kappa shape index (κ1) is 7.75. The van der Waals surface area contributed by atoms with Crippen molar-refractivity contribution in [3.8, 4) is 0 Å². The Balaban J connectivity index is 3.46. The molecule has 0 aliphatic heterocycles. The maximum Gasteiger partial charge on any atom is 0.0513 e. The van der Waals surface area contributed by atoms with Crippen LogP contribution in [0, 0.1) is 0 Å². The van der Waals surface area contributed by atoms with Gasteiger partial charge in [-0.15, -0.1) is 10.2 Å². The van der Waals surface area contributed by atoms with Crippen molar-refractivity contribution < 1.29 is 0 Å². The average molecular weight is 123 g/mol. The van der Waals surface area contributed by atoms with E-state index in [-0.39, 0.29) is 0 Å². The summed E-state index contributed by atoms with van der Waals surface area (Å²) in [6, 6.07) is 0. The van der Waals surface area contributed by atoms with Gasteiger partial charge in [0.25, 0.3) is 0 Å². The molecule has 0 aliphatic carbocycles. The summed E-state index contributed by atoms with van der Waals surface area (Å²) in [6.45, 7) is 5.04. The fraction of sp³-hybridized carbons (Fsp3) is 0.167. The van der Waals surface area contributed by atoms with Gasteiger partial charge in [0.05, 0.1) is 6.20 Å². The van der Waals surface area contributed by atoms with Gasteiger partial charge in [-0.2, -0.15) is 0 Å². The molecule has 0 aromatic heterocycles. The van der Waals surface area contributed by atoms with Crippen LogP contribution in [0.3, 0.4) is 0 Å². The topological polar surface area (TPSA) is 37.1 Å². The van der Waals surface area contributed by atoms with Crippen LogP contribution in [-0.2, 0) is 0 Å². The Labute approximate surface area is 54.5 Å². The molecule has 0 aliphatic rings. The lowest BCUT2D eigenvalue weighted by atomic mass is 10.5. The van der Waals surface area contributed by atoms with Gasteiger partial charge in [0, 0.05) is 6.72 Å². The Morgan fingerprint density at radius 1 is 1.33 bits per heavy atom. The second-order valence-electron chi connectivity index (χ2n) is 1.21. The molecule has 48 valence electrons. The predicted molar refractivity (Wildman–Crippen MR) is 38.4 cm³/mol. The molecule has 3 heteroatoms. The van der Waals surface area contributed by atoms with Crippen molar-refractivity contribution in [3.63, 3.8) is 0 Å². The summed E-state index contributed by atoms with van der Waals surface area (Å²) < 4.78 is 0. The monoisotopic (exact) mass is 123 g/mol. The van der Waals surface area contributed by atoms with Crippen molar-refractivity contribution in [1.82, 2.24) is 0 Å². The molecule has 3 nitrogen and oxygen atoms in total. The number of hydrogen-bond acceptors (Lipinski definition) is 2. The third-order valence-electron chi connectivity index (χ3n) is 0.571. The van der Waals surface area contributed by atoms with Crippen molar-refractivity contribution in [3.05, 3.63) is 24.4 Å². The molecular weight excluding hydrogens is 114 g/mol. The molecule has 0 saturated heterocycles. The lowest BCUT2D eigenvalue weighted by Gasteiger charge is -1.68. The van der Waals surface area contributed by atoms with E-state index in [0.717, 1.165) is 0 Å². The largest absolute Gasteiger partial charge is 0.147 e. The third-order valence-corrected chi connectivity index (χ3v) is 0.571. The first-order chi connectivity index (χ1) is 4.41. The first-order valence-electron chi connectivity index (χ1n) is 2.55. The van der Waals surface area contributed by atoms with E-state index in [1.54, 1.807) is 6.08 Å². The summed E-state index contributed by atoms with van der Waals surface area (Å²) >= 11 is 0. The zero-order valence-electron chi connectivity index (χ0n) is 5.36. The zero-order valence-corrected chi connectivity index (χ0v) is 5.36. The minimum Gasteiger partial charge on any atom is -0.147 e. The second-order valence-corrected chi connectivity index (χ2v) is 1.21. The summed E-state index contributed by atoms with van der Waals surface area (Å²) in [4.78, 5) is 0. The molecule has 0 amide bonds. The summed E-state index contributed by atoms with van der Waals surface area (Å²) in [6.07, 6.45) is 7.04. The van der Waals surface area contributed by atoms with Crippen LogP contribution in [-0.4, -0.2) is 6.72 Å². The fourth-order valence-corrected chi connectivity index (χ4v) is 0.266. The van der Waals surface area contributed by atoms with Crippen LogP contribution in [0.4, 0.5) is 0 Å². The number of hydrogen-bond donors (Lipinski definition) is 0. The predicted octanol–water partition coefficient (Wildman–Crippen LogP) is 2.14. The van der Waals surface area contributed by atoms with Crippen molar-refractivity contribution in [2.24, 2.45) is 15.4 Å². The molecule has 0 aromatic rings. The van der Waals surface area contributed by atoms with Crippen molar-refractivity contribution in [1.29, 1.82) is 0 Å². The molecule has 0 N–H and O–H groups in total. The molecule has 0 radical (unpaired) electrons. The molecule has 0 spiro atoms. The zero-order chi connectivity index (χ0) is 6.95. The molecule has 0 heterocycles. The minimum atomic E-state index is 1.54. The van der Waals surface area contributed by atoms with Crippen LogP contribution in [0.15, 0.2) is 39.9 Å². The maximum absolute atomic E-state index is 3.49. The van der Waals surface area contributed by atoms with Crippen LogP contribution in [0.1, 0.15) is 6.92 Å². The van der Waals surface area contributed by atoms with E-state index in [0.29, 0.717) is 0 Å². The molecule has 0 unspecified atom stereocenters. The Bertz CT molecular complexity index is 144. The minimum absolute atomic E-state index is 1.54. The standard InChI is InChI=1S/C6H9N3/c1-3-4-5-6-8-9-7-2/h3-6H,2H2,1H3/b4-3+,6-5-,9-8-. The van der Waals surface area contributed by atoms with Gasteiger partial charge in [0.15, 0.2) is 0 Å². The molecular formula is C6H9N3. The fourth-order valence-electron chi connectivity index (χ4n) is 0.266. The lowest BCUT2D eigenvalue weighted by molar-refractivity contribution is 1.07. The maximum atomic E-state index is 3.49. The highest BCUT2D eigenvalue weighted by atomic mass is 15.3. The van der Waals surface area contributed by atoms with Crippen LogP contribution >= 0.6 is 0 Å². The summed E-state index contributed by atoms with van der Waals surface area (Å²) in [5, 5.41) is 9.92. The number of nitrogens with zero attached hydrogens (tertiary/aromatic N) is 3. The molecule has 0 rings (SSSR count). The van der Waals surface area contributed by atoms with Gasteiger partial charge in [-0.3, -0.25) is 0 Å². The third kappa shape index (κ3) is 6.75. The van der Waals surface area contributed by atoms with Gasteiger partial charge in [-0.1, -0.05) is 12.2 Å². The molecule has 9 heavy (non-hydrogen) atoms. The first-order valence-corrected chi connectivity index (χ1v) is 2.55. The van der Waals surface area contributed by atoms with Crippen LogP contribution in [0.5, 0.6) is 0 Å². The van der Waals surface area contributed by atoms with E-state index in [1.807, 2.05) is 19.1 Å². The van der Waals surface area contributed by atoms with E-state index in [1.165, 1.54) is 6.20 Å². The summed E-state index contributed by atoms with van der Waals surface area (Å²) in [7, 11) is 0. The molecule has 0 atom stereocenters. The Kier molecular flexibility index (Phi) is 5.81. The van der Waals surface area contributed by atoms with Gasteiger partial charge in [0.1, 0.15) is 0 Å². The van der Waals surface area contributed by atoms with E-state index in [4.69, 9.17) is 0 Å². The molecule has 0 aromatic carbocycles. The van der Waals surface area contributed by atoms with Gasteiger partial charge >= 0.3 is 0 Å². The van der Waals surface area contributed by atoms with Crippen LogP contribution < -0.4 is 0 Å². The number of rotatable bonds is 3. The summed E-state index contributed by atoms with van der Waals surface area (Å²) in [5.74, 6) is 0. The van der Waals surface area contributed by atoms with E-state index in [9.17, 15) is 0 Å². The van der Waals surface area contributed by atoms with Crippen molar-refractivity contribution in [2.75, 3.05) is 0 Å². The average Bonchev–Trinajstić information content (AvgIpc) is 1.89. The van der Waals surface area contributed by atoms with E-state index < -0.39 is 0 Å². The molecule has 0 bridgehead atoms. The van der Waals surface area contributed by atoms with Gasteiger partial charge < -0.3 is 0 Å². The quantitative estimate of drug-likeness (QED) is 0.238. The Morgan fingerprint density at radius 3 is 2.67 bits per heavy atom. The second kappa shape index (κ2) is 6.75. The lowest BCUT2D eigenvalue weighted by Crippen LogP contribution is -1.47. The normalized spacial score (nSPS) is 12.1. The number of allylic oxidation sites excluding steroid dienone is 3. The van der Waals surface area contributed by atoms with Gasteiger partial charge in [-0.05, 0) is 18.2 Å². The van der Waals surface area contributed by atoms with Crippen molar-refractivity contribution >= 4 is 6.72 Å². The SMILES string of the molecule is C=N\N=N/C=C\C=C\C. The Morgan fingerprint density at radius 2 is 2.11 bits per heavy atom. The highest BCUT2D eigenvalue weighted by Crippen LogP contribution is 1.79. The highest BCUT2D eigenvalue weighted by molar-refractivity contribution is 5.22. The van der Waals surface area contributed by atoms with Crippen molar-refractivity contribution in [2.45, 2.75) is 6.92 Å². The van der Waals surface area contributed by atoms with Crippen LogP contribution in [0.25, 0.3) is 0 Å². The molecule has 0 fully saturated rings. The van der Waals surface area contributed by atoms with E-state index >= 15 is 0 Å². The summed E-state index contributed by atoms with van der Waals surface area (Å²) in [5.41, 5.74) is 0. The highest BCUT2D eigenvalue weighted by Gasteiger charge is 1.58. The van der Waals surface area contributed by atoms with Gasteiger partial charge in [0.2, 0.25) is 0 Å².